The number of hydrogen-bond donors (Lipinski definition) is 2. The zero-order valence-electron chi connectivity index (χ0n) is 17.3. The predicted octanol–water partition coefficient (Wildman–Crippen LogP) is 6.68. The molecule has 1 saturated carbocycles. The highest BCUT2D eigenvalue weighted by molar-refractivity contribution is 7.80. The Bertz CT molecular complexity index is 1040. The molecule has 0 heterocycles. The van der Waals surface area contributed by atoms with Gasteiger partial charge in [-0.1, -0.05) is 78.9 Å². The van der Waals surface area contributed by atoms with Crippen molar-refractivity contribution in [3.05, 3.63) is 113 Å². The molecule has 4 rings (SSSR count). The van der Waals surface area contributed by atoms with Crippen molar-refractivity contribution >= 4 is 40.9 Å². The van der Waals surface area contributed by atoms with E-state index in [0.29, 0.717) is 5.11 Å². The Labute approximate surface area is 189 Å². The Morgan fingerprint density at radius 2 is 1.19 bits per heavy atom. The number of allylic oxidation sites excluding steroid dienone is 2. The number of nitrogens with zero attached hydrogens (tertiary/aromatic N) is 1. The zero-order chi connectivity index (χ0) is 21.3. The third kappa shape index (κ3) is 6.00. The predicted molar refractivity (Wildman–Crippen MR) is 136 cm³/mol. The second kappa shape index (κ2) is 10.5. The number of benzene rings is 3. The van der Waals surface area contributed by atoms with E-state index in [0.717, 1.165) is 30.7 Å². The van der Waals surface area contributed by atoms with Crippen LogP contribution in [0.3, 0.4) is 0 Å². The van der Waals surface area contributed by atoms with E-state index in [2.05, 4.69) is 71.4 Å². The molecule has 0 spiro atoms. The first-order chi connectivity index (χ1) is 15.3. The van der Waals surface area contributed by atoms with Crippen LogP contribution in [0.4, 0.5) is 5.69 Å². The maximum absolute atomic E-state index is 5.47. The van der Waals surface area contributed by atoms with Gasteiger partial charge in [0.2, 0.25) is 0 Å². The normalized spacial score (nSPS) is 17.6. The van der Waals surface area contributed by atoms with Gasteiger partial charge in [-0.3, -0.25) is 5.43 Å². The maximum Gasteiger partial charge on any atom is 0.191 e. The lowest BCUT2D eigenvalue weighted by Crippen LogP contribution is -2.26. The number of nitrogens with one attached hydrogen (secondary N) is 2. The fourth-order valence-corrected chi connectivity index (χ4v) is 3.79. The molecule has 0 amide bonds. The fraction of sp³-hybridized carbons (Fsp3) is 0.111. The molecule has 0 bridgehead atoms. The molecule has 0 atom stereocenters. The van der Waals surface area contributed by atoms with Gasteiger partial charge in [-0.05, 0) is 78.0 Å². The van der Waals surface area contributed by atoms with Gasteiger partial charge in [0, 0.05) is 5.69 Å². The van der Waals surface area contributed by atoms with Gasteiger partial charge in [-0.15, -0.1) is 0 Å². The van der Waals surface area contributed by atoms with Gasteiger partial charge in [0.05, 0.1) is 5.71 Å². The van der Waals surface area contributed by atoms with Crippen molar-refractivity contribution in [1.82, 2.24) is 5.43 Å². The smallest absolute Gasteiger partial charge is 0.191 e. The van der Waals surface area contributed by atoms with Gasteiger partial charge < -0.3 is 5.32 Å². The minimum Gasteiger partial charge on any atom is -0.331 e. The molecule has 0 saturated heterocycles. The minimum atomic E-state index is 0.474. The summed E-state index contributed by atoms with van der Waals surface area (Å²) in [6.07, 6.45) is 7.53. The number of thiocarbonyl (C=S) groups is 1. The molecule has 3 aromatic carbocycles. The number of hydrogen-bond acceptors (Lipinski definition) is 2. The van der Waals surface area contributed by atoms with Gasteiger partial charge in [0.25, 0.3) is 0 Å². The molecular weight excluding hydrogens is 398 g/mol. The topological polar surface area (TPSA) is 36.4 Å². The summed E-state index contributed by atoms with van der Waals surface area (Å²) >= 11 is 5.47. The van der Waals surface area contributed by atoms with Crippen LogP contribution in [-0.2, 0) is 0 Å². The molecule has 0 unspecified atom stereocenters. The van der Waals surface area contributed by atoms with Crippen molar-refractivity contribution < 1.29 is 0 Å². The molecule has 4 heteroatoms. The van der Waals surface area contributed by atoms with Crippen LogP contribution >= 0.6 is 12.2 Å². The minimum absolute atomic E-state index is 0.474. The molecule has 1 fully saturated rings. The first kappa shape index (κ1) is 20.8. The van der Waals surface area contributed by atoms with E-state index in [1.54, 1.807) is 0 Å². The van der Waals surface area contributed by atoms with E-state index in [1.807, 2.05) is 42.5 Å². The van der Waals surface area contributed by atoms with Crippen molar-refractivity contribution in [2.45, 2.75) is 19.3 Å². The van der Waals surface area contributed by atoms with Crippen LogP contribution in [0.1, 0.15) is 30.4 Å². The second-order valence-corrected chi connectivity index (χ2v) is 7.81. The summed E-state index contributed by atoms with van der Waals surface area (Å²) in [5.74, 6) is 0. The van der Waals surface area contributed by atoms with Crippen LogP contribution in [0.25, 0.3) is 12.2 Å². The largest absolute Gasteiger partial charge is 0.331 e. The fourth-order valence-electron chi connectivity index (χ4n) is 3.63. The van der Waals surface area contributed by atoms with E-state index in [4.69, 9.17) is 17.3 Å². The number of para-hydroxylation sites is 1. The molecule has 31 heavy (non-hydrogen) atoms. The number of hydrazone groups is 1. The lowest BCUT2D eigenvalue weighted by atomic mass is 9.86. The Morgan fingerprint density at radius 1 is 0.710 bits per heavy atom. The van der Waals surface area contributed by atoms with Gasteiger partial charge >= 0.3 is 0 Å². The summed E-state index contributed by atoms with van der Waals surface area (Å²) in [4.78, 5) is 0. The Kier molecular flexibility index (Phi) is 7.04. The molecule has 0 aliphatic heterocycles. The molecule has 3 nitrogen and oxygen atoms in total. The van der Waals surface area contributed by atoms with E-state index in [9.17, 15) is 0 Å². The molecule has 1 aliphatic carbocycles. The number of rotatable bonds is 4. The molecule has 3 aromatic rings. The van der Waals surface area contributed by atoms with Crippen molar-refractivity contribution in [3.63, 3.8) is 0 Å². The van der Waals surface area contributed by atoms with Crippen LogP contribution < -0.4 is 10.7 Å². The summed E-state index contributed by atoms with van der Waals surface area (Å²) in [5, 5.41) is 8.42. The molecular formula is C27H25N3S. The average Bonchev–Trinajstić information content (AvgIpc) is 2.81. The SMILES string of the molecule is S=C(NN=C1/C(=C\c2ccccc2)CCC/C1=C\c1ccccc1)Nc1ccccc1. The van der Waals surface area contributed by atoms with Crippen molar-refractivity contribution in [2.24, 2.45) is 5.10 Å². The van der Waals surface area contributed by atoms with E-state index in [-0.39, 0.29) is 0 Å². The Morgan fingerprint density at radius 3 is 1.71 bits per heavy atom. The highest BCUT2D eigenvalue weighted by Crippen LogP contribution is 2.29. The van der Waals surface area contributed by atoms with Crippen LogP contribution in [-0.4, -0.2) is 10.8 Å². The maximum atomic E-state index is 5.47. The standard InChI is InChI=1S/C27H25N3S/c31-27(28-25-17-8-3-9-18-25)30-29-26-23(19-21-11-4-1-5-12-21)15-10-16-24(26)20-22-13-6-2-7-14-22/h1-9,11-14,17-20H,10,15-16H2,(H2,28,30,31)/b23-19-,24-20+,29-26?. The lowest BCUT2D eigenvalue weighted by Gasteiger charge is -2.21. The molecule has 1 aliphatic rings. The molecule has 2 N–H and O–H groups in total. The van der Waals surface area contributed by atoms with Crippen molar-refractivity contribution in [1.29, 1.82) is 0 Å². The monoisotopic (exact) mass is 423 g/mol. The first-order valence-corrected chi connectivity index (χ1v) is 10.9. The van der Waals surface area contributed by atoms with Gasteiger partial charge in [0.1, 0.15) is 0 Å². The zero-order valence-corrected chi connectivity index (χ0v) is 18.1. The van der Waals surface area contributed by atoms with E-state index < -0.39 is 0 Å². The van der Waals surface area contributed by atoms with Crippen LogP contribution in [0, 0.1) is 0 Å². The summed E-state index contributed by atoms with van der Waals surface area (Å²) in [7, 11) is 0. The van der Waals surface area contributed by atoms with Crippen LogP contribution in [0.5, 0.6) is 0 Å². The molecule has 154 valence electrons. The average molecular weight is 424 g/mol. The lowest BCUT2D eigenvalue weighted by molar-refractivity contribution is 0.812. The van der Waals surface area contributed by atoms with Crippen molar-refractivity contribution in [2.75, 3.05) is 5.32 Å². The van der Waals surface area contributed by atoms with Crippen molar-refractivity contribution in [3.8, 4) is 0 Å². The Balaban J connectivity index is 1.63. The highest BCUT2D eigenvalue weighted by atomic mass is 32.1. The van der Waals surface area contributed by atoms with Gasteiger partial charge in [-0.25, -0.2) is 0 Å². The quantitative estimate of drug-likeness (QED) is 0.363. The molecule has 0 aromatic heterocycles. The Hall–Kier alpha value is -3.50. The van der Waals surface area contributed by atoms with E-state index in [1.165, 1.54) is 22.3 Å². The van der Waals surface area contributed by atoms with E-state index >= 15 is 0 Å². The third-order valence-corrected chi connectivity index (χ3v) is 5.28. The van der Waals surface area contributed by atoms with Gasteiger partial charge in [0.15, 0.2) is 5.11 Å². The summed E-state index contributed by atoms with van der Waals surface area (Å²) in [6.45, 7) is 0. The van der Waals surface area contributed by atoms with Gasteiger partial charge in [-0.2, -0.15) is 5.10 Å². The third-order valence-electron chi connectivity index (χ3n) is 5.08. The first-order valence-electron chi connectivity index (χ1n) is 10.5. The summed E-state index contributed by atoms with van der Waals surface area (Å²) < 4.78 is 0. The van der Waals surface area contributed by atoms with Crippen LogP contribution in [0.15, 0.2) is 107 Å². The summed E-state index contributed by atoms with van der Waals surface area (Å²) in [5.41, 5.74) is 9.75. The highest BCUT2D eigenvalue weighted by Gasteiger charge is 2.19. The second-order valence-electron chi connectivity index (χ2n) is 7.41. The summed E-state index contributed by atoms with van der Waals surface area (Å²) in [6, 6.07) is 30.7. The number of anilines is 1. The molecule has 0 radical (unpaired) electrons. The van der Waals surface area contributed by atoms with Crippen LogP contribution in [0.2, 0.25) is 0 Å².